The average molecular weight is 260 g/mol. The summed E-state index contributed by atoms with van der Waals surface area (Å²) in [5.41, 5.74) is 0.778. The van der Waals surface area contributed by atoms with Crippen LogP contribution in [0.5, 0.6) is 0 Å². The number of halogens is 1. The normalized spacial score (nSPS) is 14.8. The van der Waals surface area contributed by atoms with Crippen LogP contribution in [0.1, 0.15) is 19.8 Å². The van der Waals surface area contributed by atoms with Gasteiger partial charge in [-0.05, 0) is 38.0 Å². The average Bonchev–Trinajstić information content (AvgIpc) is 3.13. The molecule has 1 aromatic heterocycles. The summed E-state index contributed by atoms with van der Waals surface area (Å²) in [5, 5.41) is 0.574. The Hall–Kier alpha value is -1.84. The van der Waals surface area contributed by atoms with Crippen molar-refractivity contribution in [3.63, 3.8) is 0 Å². The van der Waals surface area contributed by atoms with E-state index in [9.17, 15) is 9.18 Å². The van der Waals surface area contributed by atoms with Gasteiger partial charge in [0, 0.05) is 24.2 Å². The molecule has 0 spiro atoms. The van der Waals surface area contributed by atoms with Gasteiger partial charge in [-0.2, -0.15) is 0 Å². The zero-order chi connectivity index (χ0) is 13.4. The third-order valence-corrected chi connectivity index (χ3v) is 3.71. The molecule has 3 rings (SSSR count). The summed E-state index contributed by atoms with van der Waals surface area (Å²) in [4.78, 5) is 14.2. The number of amides is 1. The number of aromatic nitrogens is 1. The molecule has 2 aromatic rings. The van der Waals surface area contributed by atoms with Crippen molar-refractivity contribution in [1.82, 2.24) is 9.47 Å². The van der Waals surface area contributed by atoms with Gasteiger partial charge < -0.3 is 9.47 Å². The molecule has 1 aliphatic rings. The van der Waals surface area contributed by atoms with Crippen LogP contribution in [-0.4, -0.2) is 28.0 Å². The van der Waals surface area contributed by atoms with Crippen molar-refractivity contribution in [1.29, 1.82) is 0 Å². The van der Waals surface area contributed by atoms with E-state index in [2.05, 4.69) is 0 Å². The minimum Gasteiger partial charge on any atom is -0.338 e. The van der Waals surface area contributed by atoms with Crippen LogP contribution in [0.4, 0.5) is 4.39 Å². The van der Waals surface area contributed by atoms with E-state index < -0.39 is 0 Å². The molecule has 4 heteroatoms. The van der Waals surface area contributed by atoms with E-state index in [-0.39, 0.29) is 18.3 Å². The van der Waals surface area contributed by atoms with Crippen LogP contribution in [0.2, 0.25) is 0 Å². The number of benzene rings is 1. The molecule has 1 aliphatic carbocycles. The lowest BCUT2D eigenvalue weighted by Gasteiger charge is -2.20. The predicted molar refractivity (Wildman–Crippen MR) is 72.3 cm³/mol. The Morgan fingerprint density at radius 3 is 2.89 bits per heavy atom. The number of hydrogen-bond donors (Lipinski definition) is 0. The van der Waals surface area contributed by atoms with Crippen molar-refractivity contribution in [2.45, 2.75) is 32.4 Å². The lowest BCUT2D eigenvalue weighted by atomic mass is 10.2. The minimum atomic E-state index is -0.238. The van der Waals surface area contributed by atoms with Crippen LogP contribution in [0.15, 0.2) is 30.5 Å². The zero-order valence-electron chi connectivity index (χ0n) is 11.0. The molecule has 0 atom stereocenters. The van der Waals surface area contributed by atoms with E-state index in [0.29, 0.717) is 11.4 Å². The highest BCUT2D eigenvalue weighted by atomic mass is 19.1. The van der Waals surface area contributed by atoms with Crippen LogP contribution >= 0.6 is 0 Å². The molecule has 3 nitrogen and oxygen atoms in total. The lowest BCUT2D eigenvalue weighted by Crippen LogP contribution is -2.35. The van der Waals surface area contributed by atoms with Gasteiger partial charge in [0.05, 0.1) is 5.52 Å². The summed E-state index contributed by atoms with van der Waals surface area (Å²) < 4.78 is 15.4. The fourth-order valence-corrected chi connectivity index (χ4v) is 2.58. The first-order valence-electron chi connectivity index (χ1n) is 6.73. The SMILES string of the molecule is CCN(C(=O)Cn1ccc2c(F)cccc21)C1CC1. The van der Waals surface area contributed by atoms with Crippen LogP contribution in [0.25, 0.3) is 10.9 Å². The van der Waals surface area contributed by atoms with Gasteiger partial charge in [0.1, 0.15) is 12.4 Å². The van der Waals surface area contributed by atoms with Gasteiger partial charge in [0.15, 0.2) is 0 Å². The second kappa shape index (κ2) is 4.68. The van der Waals surface area contributed by atoms with Gasteiger partial charge in [-0.1, -0.05) is 6.07 Å². The molecule has 1 heterocycles. The maximum atomic E-state index is 13.6. The molecule has 0 radical (unpaired) electrons. The molecule has 0 N–H and O–H groups in total. The fraction of sp³-hybridized carbons (Fsp3) is 0.400. The van der Waals surface area contributed by atoms with E-state index in [1.165, 1.54) is 6.07 Å². The molecule has 19 heavy (non-hydrogen) atoms. The molecule has 0 aliphatic heterocycles. The summed E-state index contributed by atoms with van der Waals surface area (Å²) in [6, 6.07) is 7.12. The number of likely N-dealkylation sites (N-methyl/N-ethyl adjacent to an activating group) is 1. The molecule has 1 amide bonds. The third kappa shape index (κ3) is 2.23. The van der Waals surface area contributed by atoms with E-state index in [1.54, 1.807) is 18.3 Å². The van der Waals surface area contributed by atoms with Crippen molar-refractivity contribution < 1.29 is 9.18 Å². The molecular formula is C15H17FN2O. The Labute approximate surface area is 111 Å². The van der Waals surface area contributed by atoms with Crippen LogP contribution in [0.3, 0.4) is 0 Å². The second-order valence-electron chi connectivity index (χ2n) is 5.03. The monoisotopic (exact) mass is 260 g/mol. The highest BCUT2D eigenvalue weighted by Crippen LogP contribution is 2.27. The van der Waals surface area contributed by atoms with Gasteiger partial charge in [0.2, 0.25) is 5.91 Å². The van der Waals surface area contributed by atoms with E-state index in [1.807, 2.05) is 22.5 Å². The van der Waals surface area contributed by atoms with E-state index in [0.717, 1.165) is 24.9 Å². The standard InChI is InChI=1S/C15H17FN2O/c1-2-18(11-6-7-11)15(19)10-17-9-8-12-13(16)4-3-5-14(12)17/h3-5,8-9,11H,2,6-7,10H2,1H3. The highest BCUT2D eigenvalue weighted by molar-refractivity contribution is 5.84. The van der Waals surface area contributed by atoms with E-state index >= 15 is 0 Å². The minimum absolute atomic E-state index is 0.117. The zero-order valence-corrected chi connectivity index (χ0v) is 11.0. The van der Waals surface area contributed by atoms with Gasteiger partial charge in [0.25, 0.3) is 0 Å². The fourth-order valence-electron chi connectivity index (χ4n) is 2.58. The Morgan fingerprint density at radius 1 is 1.42 bits per heavy atom. The van der Waals surface area contributed by atoms with Gasteiger partial charge in [-0.3, -0.25) is 4.79 Å². The van der Waals surface area contributed by atoms with Crippen LogP contribution in [0, 0.1) is 5.82 Å². The van der Waals surface area contributed by atoms with Crippen LogP contribution < -0.4 is 0 Å². The summed E-state index contributed by atoms with van der Waals surface area (Å²) in [7, 11) is 0. The molecule has 1 saturated carbocycles. The second-order valence-corrected chi connectivity index (χ2v) is 5.03. The van der Waals surface area contributed by atoms with E-state index in [4.69, 9.17) is 0 Å². The summed E-state index contributed by atoms with van der Waals surface area (Å²) in [5.74, 6) is -0.120. The summed E-state index contributed by atoms with van der Waals surface area (Å²) in [6.07, 6.45) is 4.01. The van der Waals surface area contributed by atoms with Crippen molar-refractivity contribution in [2.24, 2.45) is 0 Å². The van der Waals surface area contributed by atoms with Crippen LogP contribution in [-0.2, 0) is 11.3 Å². The maximum absolute atomic E-state index is 13.6. The quantitative estimate of drug-likeness (QED) is 0.829. The smallest absolute Gasteiger partial charge is 0.242 e. The number of carbonyl (C=O) groups is 1. The van der Waals surface area contributed by atoms with Gasteiger partial charge in [-0.25, -0.2) is 4.39 Å². The molecule has 0 saturated heterocycles. The lowest BCUT2D eigenvalue weighted by molar-refractivity contribution is -0.132. The molecular weight excluding hydrogens is 243 g/mol. The van der Waals surface area contributed by atoms with Gasteiger partial charge in [-0.15, -0.1) is 0 Å². The Kier molecular flexibility index (Phi) is 3.01. The first kappa shape index (κ1) is 12.2. The summed E-state index contributed by atoms with van der Waals surface area (Å²) >= 11 is 0. The van der Waals surface area contributed by atoms with Gasteiger partial charge >= 0.3 is 0 Å². The first-order chi connectivity index (χ1) is 9.20. The Balaban J connectivity index is 1.85. The molecule has 100 valence electrons. The number of nitrogens with zero attached hydrogens (tertiary/aromatic N) is 2. The summed E-state index contributed by atoms with van der Waals surface area (Å²) in [6.45, 7) is 3.04. The largest absolute Gasteiger partial charge is 0.338 e. The number of rotatable bonds is 4. The topological polar surface area (TPSA) is 25.2 Å². The molecule has 0 bridgehead atoms. The number of carbonyl (C=O) groups excluding carboxylic acids is 1. The number of hydrogen-bond acceptors (Lipinski definition) is 1. The van der Waals surface area contributed by atoms with Crippen molar-refractivity contribution >= 4 is 16.8 Å². The maximum Gasteiger partial charge on any atom is 0.242 e. The Bertz CT molecular complexity index is 616. The predicted octanol–water partition coefficient (Wildman–Crippen LogP) is 2.79. The Morgan fingerprint density at radius 2 is 2.21 bits per heavy atom. The van der Waals surface area contributed by atoms with Crippen molar-refractivity contribution in [3.8, 4) is 0 Å². The third-order valence-electron chi connectivity index (χ3n) is 3.71. The molecule has 1 fully saturated rings. The highest BCUT2D eigenvalue weighted by Gasteiger charge is 2.31. The number of fused-ring (bicyclic) bond motifs is 1. The molecule has 1 aromatic carbocycles. The first-order valence-corrected chi connectivity index (χ1v) is 6.73. The molecule has 0 unspecified atom stereocenters. The van der Waals surface area contributed by atoms with Crippen molar-refractivity contribution in [2.75, 3.05) is 6.54 Å². The van der Waals surface area contributed by atoms with Crippen molar-refractivity contribution in [3.05, 3.63) is 36.3 Å².